The number of hydrogen-bond acceptors (Lipinski definition) is 5. The smallest absolute Gasteiger partial charge is 0.119 e. The minimum atomic E-state index is -0.572. The first kappa shape index (κ1) is 19.3. The van der Waals surface area contributed by atoms with Gasteiger partial charge in [-0.2, -0.15) is 0 Å². The van der Waals surface area contributed by atoms with Crippen LogP contribution in [0.3, 0.4) is 0 Å². The van der Waals surface area contributed by atoms with Gasteiger partial charge in [0.05, 0.1) is 13.7 Å². The maximum Gasteiger partial charge on any atom is 0.119 e. The van der Waals surface area contributed by atoms with Crippen LogP contribution in [0.5, 0.6) is 11.5 Å². The molecule has 1 N–H and O–H groups in total. The molecular weight excluding hydrogens is 318 g/mol. The van der Waals surface area contributed by atoms with Crippen molar-refractivity contribution in [3.63, 3.8) is 0 Å². The van der Waals surface area contributed by atoms with E-state index in [4.69, 9.17) is 13.9 Å². The van der Waals surface area contributed by atoms with E-state index in [1.165, 1.54) is 0 Å². The second kappa shape index (κ2) is 9.49. The molecule has 2 rings (SSSR count). The van der Waals surface area contributed by atoms with Gasteiger partial charge in [-0.15, -0.1) is 0 Å². The van der Waals surface area contributed by atoms with Crippen LogP contribution >= 0.6 is 0 Å². The Morgan fingerprint density at radius 1 is 1.04 bits per heavy atom. The SMILES string of the molecule is COc1ccc(OC[C@H](O)CN(Cc2ccc(C)o2)CC(C)C)cc1. The molecule has 5 nitrogen and oxygen atoms in total. The van der Waals surface area contributed by atoms with E-state index in [-0.39, 0.29) is 6.61 Å². The lowest BCUT2D eigenvalue weighted by atomic mass is 10.2. The van der Waals surface area contributed by atoms with E-state index in [0.717, 1.165) is 29.6 Å². The Labute approximate surface area is 150 Å². The third kappa shape index (κ3) is 6.80. The molecule has 1 aromatic heterocycles. The fourth-order valence-corrected chi connectivity index (χ4v) is 2.73. The van der Waals surface area contributed by atoms with E-state index in [1.807, 2.05) is 43.3 Å². The Bertz CT molecular complexity index is 621. The van der Waals surface area contributed by atoms with Crippen molar-refractivity contribution in [2.75, 3.05) is 26.8 Å². The van der Waals surface area contributed by atoms with Gasteiger partial charge in [-0.25, -0.2) is 0 Å². The molecule has 1 atom stereocenters. The average Bonchev–Trinajstić information content (AvgIpc) is 2.97. The molecule has 5 heteroatoms. The van der Waals surface area contributed by atoms with Crippen LogP contribution in [0, 0.1) is 12.8 Å². The summed E-state index contributed by atoms with van der Waals surface area (Å²) in [6, 6.07) is 11.3. The van der Waals surface area contributed by atoms with Gasteiger partial charge in [0, 0.05) is 13.1 Å². The van der Waals surface area contributed by atoms with Crippen LogP contribution in [0.15, 0.2) is 40.8 Å². The van der Waals surface area contributed by atoms with Gasteiger partial charge in [0.2, 0.25) is 0 Å². The second-order valence-electron chi connectivity index (χ2n) is 6.74. The van der Waals surface area contributed by atoms with Crippen LogP contribution < -0.4 is 9.47 Å². The van der Waals surface area contributed by atoms with Crippen molar-refractivity contribution in [2.24, 2.45) is 5.92 Å². The van der Waals surface area contributed by atoms with Gasteiger partial charge in [0.25, 0.3) is 0 Å². The van der Waals surface area contributed by atoms with Gasteiger partial charge in [-0.3, -0.25) is 4.90 Å². The van der Waals surface area contributed by atoms with E-state index >= 15 is 0 Å². The molecule has 0 amide bonds. The molecule has 0 aliphatic heterocycles. The molecule has 0 aliphatic rings. The largest absolute Gasteiger partial charge is 0.497 e. The molecule has 0 saturated heterocycles. The first-order chi connectivity index (χ1) is 12.0. The molecule has 0 bridgehead atoms. The molecule has 1 heterocycles. The zero-order valence-corrected chi connectivity index (χ0v) is 15.6. The molecule has 0 unspecified atom stereocenters. The van der Waals surface area contributed by atoms with Crippen molar-refractivity contribution in [1.82, 2.24) is 4.90 Å². The minimum absolute atomic E-state index is 0.248. The molecule has 2 aromatic rings. The highest BCUT2D eigenvalue weighted by molar-refractivity contribution is 5.31. The molecule has 0 fully saturated rings. The van der Waals surface area contributed by atoms with Gasteiger partial charge < -0.3 is 19.0 Å². The lowest BCUT2D eigenvalue weighted by molar-refractivity contribution is 0.0590. The number of aliphatic hydroxyl groups is 1. The third-order valence-corrected chi connectivity index (χ3v) is 3.77. The summed E-state index contributed by atoms with van der Waals surface area (Å²) in [5.74, 6) is 3.83. The van der Waals surface area contributed by atoms with Crippen molar-refractivity contribution in [2.45, 2.75) is 33.4 Å². The van der Waals surface area contributed by atoms with E-state index in [9.17, 15) is 5.11 Å². The molecule has 0 aliphatic carbocycles. The van der Waals surface area contributed by atoms with Crippen molar-refractivity contribution in [3.05, 3.63) is 47.9 Å². The van der Waals surface area contributed by atoms with Gasteiger partial charge in [0.1, 0.15) is 35.7 Å². The average molecular weight is 347 g/mol. The van der Waals surface area contributed by atoms with Crippen LogP contribution in [0.2, 0.25) is 0 Å². The van der Waals surface area contributed by atoms with Crippen LogP contribution in [0.1, 0.15) is 25.4 Å². The Balaban J connectivity index is 1.85. The van der Waals surface area contributed by atoms with Crippen molar-refractivity contribution >= 4 is 0 Å². The Morgan fingerprint density at radius 3 is 2.28 bits per heavy atom. The molecular formula is C20H29NO4. The van der Waals surface area contributed by atoms with E-state index in [2.05, 4.69) is 18.7 Å². The standard InChI is InChI=1S/C20H29NO4/c1-15(2)11-21(13-20-6-5-16(3)25-20)12-17(22)14-24-19-9-7-18(23-4)8-10-19/h5-10,15,17,22H,11-14H2,1-4H3/t17-/m1/s1. The predicted molar refractivity (Wildman–Crippen MR) is 98.1 cm³/mol. The van der Waals surface area contributed by atoms with E-state index < -0.39 is 6.10 Å². The first-order valence-corrected chi connectivity index (χ1v) is 8.69. The zero-order chi connectivity index (χ0) is 18.2. The summed E-state index contributed by atoms with van der Waals surface area (Å²) in [7, 11) is 1.63. The summed E-state index contributed by atoms with van der Waals surface area (Å²) >= 11 is 0. The van der Waals surface area contributed by atoms with Crippen LogP contribution in [-0.4, -0.2) is 42.9 Å². The Morgan fingerprint density at radius 2 is 1.72 bits per heavy atom. The molecule has 1 aromatic carbocycles. The van der Waals surface area contributed by atoms with Crippen LogP contribution in [0.25, 0.3) is 0 Å². The fourth-order valence-electron chi connectivity index (χ4n) is 2.73. The number of nitrogens with zero attached hydrogens (tertiary/aromatic N) is 1. The van der Waals surface area contributed by atoms with Gasteiger partial charge in [-0.1, -0.05) is 13.8 Å². The number of ether oxygens (including phenoxy) is 2. The monoisotopic (exact) mass is 347 g/mol. The van der Waals surface area contributed by atoms with Crippen molar-refractivity contribution < 1.29 is 19.0 Å². The summed E-state index contributed by atoms with van der Waals surface area (Å²) < 4.78 is 16.5. The maximum absolute atomic E-state index is 10.4. The lowest BCUT2D eigenvalue weighted by Gasteiger charge is -2.26. The molecule has 0 spiro atoms. The number of methoxy groups -OCH3 is 1. The van der Waals surface area contributed by atoms with E-state index in [1.54, 1.807) is 7.11 Å². The van der Waals surface area contributed by atoms with E-state index in [0.29, 0.717) is 19.0 Å². The highest BCUT2D eigenvalue weighted by Gasteiger charge is 2.16. The Kier molecular flexibility index (Phi) is 7.34. The minimum Gasteiger partial charge on any atom is -0.497 e. The van der Waals surface area contributed by atoms with Gasteiger partial charge in [0.15, 0.2) is 0 Å². The van der Waals surface area contributed by atoms with Crippen molar-refractivity contribution in [3.8, 4) is 11.5 Å². The number of hydrogen-bond donors (Lipinski definition) is 1. The number of rotatable bonds is 10. The van der Waals surface area contributed by atoms with Crippen LogP contribution in [-0.2, 0) is 6.54 Å². The first-order valence-electron chi connectivity index (χ1n) is 8.69. The number of aliphatic hydroxyl groups excluding tert-OH is 1. The number of furan rings is 1. The molecule has 25 heavy (non-hydrogen) atoms. The lowest BCUT2D eigenvalue weighted by Crippen LogP contribution is -2.37. The topological polar surface area (TPSA) is 55.1 Å². The number of benzene rings is 1. The zero-order valence-electron chi connectivity index (χ0n) is 15.6. The summed E-state index contributed by atoms with van der Waals surface area (Å²) in [4.78, 5) is 2.20. The second-order valence-corrected chi connectivity index (χ2v) is 6.74. The van der Waals surface area contributed by atoms with Crippen LogP contribution in [0.4, 0.5) is 0 Å². The maximum atomic E-state index is 10.4. The Hall–Kier alpha value is -1.98. The normalized spacial score (nSPS) is 12.6. The summed E-state index contributed by atoms with van der Waals surface area (Å²) in [6.07, 6.45) is -0.572. The highest BCUT2D eigenvalue weighted by atomic mass is 16.5. The quantitative estimate of drug-likeness (QED) is 0.713. The fraction of sp³-hybridized carbons (Fsp3) is 0.500. The molecule has 138 valence electrons. The summed E-state index contributed by atoms with van der Waals surface area (Å²) in [5, 5.41) is 10.4. The predicted octanol–water partition coefficient (Wildman–Crippen LogP) is 3.49. The third-order valence-electron chi connectivity index (χ3n) is 3.77. The summed E-state index contributed by atoms with van der Waals surface area (Å²) in [5.41, 5.74) is 0. The molecule has 0 radical (unpaired) electrons. The van der Waals surface area contributed by atoms with Crippen molar-refractivity contribution in [1.29, 1.82) is 0 Å². The van der Waals surface area contributed by atoms with Gasteiger partial charge >= 0.3 is 0 Å². The molecule has 0 saturated carbocycles. The highest BCUT2D eigenvalue weighted by Crippen LogP contribution is 2.17. The number of aryl methyl sites for hydroxylation is 1. The summed E-state index contributed by atoms with van der Waals surface area (Å²) in [6.45, 7) is 8.63. The van der Waals surface area contributed by atoms with Gasteiger partial charge in [-0.05, 0) is 49.2 Å².